The molecular formula is C16H14BrClO2. The van der Waals surface area contributed by atoms with Gasteiger partial charge in [0.25, 0.3) is 0 Å². The summed E-state index contributed by atoms with van der Waals surface area (Å²) in [4.78, 5) is 0.108. The molecule has 2 nitrogen and oxygen atoms in total. The number of fused-ring (bicyclic) bond motifs is 1. The van der Waals surface area contributed by atoms with Crippen molar-refractivity contribution in [1.82, 2.24) is 0 Å². The van der Waals surface area contributed by atoms with E-state index >= 15 is 0 Å². The van der Waals surface area contributed by atoms with E-state index in [1.54, 1.807) is 7.11 Å². The number of hydrogen-bond acceptors (Lipinski definition) is 2. The summed E-state index contributed by atoms with van der Waals surface area (Å²) >= 11 is 9.93. The van der Waals surface area contributed by atoms with Gasteiger partial charge in [0, 0.05) is 0 Å². The Morgan fingerprint density at radius 3 is 2.55 bits per heavy atom. The monoisotopic (exact) mass is 352 g/mol. The average molecular weight is 354 g/mol. The minimum atomic E-state index is 0.108. The molecule has 0 bridgehead atoms. The quantitative estimate of drug-likeness (QED) is 0.733. The predicted molar refractivity (Wildman–Crippen MR) is 83.7 cm³/mol. The number of rotatable bonds is 3. The standard InChI is InChI=1S/C16H14BrClO2/c1-19-15-5-4-11(7-14(15)18)16(17)10-2-3-12-8-20-9-13(12)6-10/h2-7,16H,8-9H2,1H3. The van der Waals surface area contributed by atoms with Gasteiger partial charge in [-0.1, -0.05) is 51.8 Å². The lowest BCUT2D eigenvalue weighted by atomic mass is 10.0. The largest absolute Gasteiger partial charge is 0.495 e. The van der Waals surface area contributed by atoms with Crippen molar-refractivity contribution in [1.29, 1.82) is 0 Å². The Hall–Kier alpha value is -1.03. The number of benzene rings is 2. The number of ether oxygens (including phenoxy) is 2. The Labute approximate surface area is 131 Å². The molecule has 2 aromatic carbocycles. The van der Waals surface area contributed by atoms with Crippen LogP contribution < -0.4 is 4.74 Å². The van der Waals surface area contributed by atoms with Crippen LogP contribution in [-0.2, 0) is 18.0 Å². The van der Waals surface area contributed by atoms with Crippen LogP contribution in [0.3, 0.4) is 0 Å². The molecule has 0 N–H and O–H groups in total. The second-order valence-corrected chi connectivity index (χ2v) is 6.10. The van der Waals surface area contributed by atoms with Gasteiger partial charge in [-0.05, 0) is 34.4 Å². The van der Waals surface area contributed by atoms with E-state index in [1.165, 1.54) is 16.7 Å². The Morgan fingerprint density at radius 1 is 1.10 bits per heavy atom. The fourth-order valence-corrected chi connectivity index (χ4v) is 3.22. The van der Waals surface area contributed by atoms with Gasteiger partial charge in [-0.15, -0.1) is 0 Å². The molecule has 0 spiro atoms. The van der Waals surface area contributed by atoms with Crippen LogP contribution in [0.1, 0.15) is 27.1 Å². The molecule has 1 unspecified atom stereocenters. The van der Waals surface area contributed by atoms with E-state index in [2.05, 4.69) is 34.1 Å². The van der Waals surface area contributed by atoms with Gasteiger partial charge in [-0.25, -0.2) is 0 Å². The van der Waals surface area contributed by atoms with E-state index in [0.717, 1.165) is 12.2 Å². The smallest absolute Gasteiger partial charge is 0.137 e. The van der Waals surface area contributed by atoms with Crippen molar-refractivity contribution in [2.75, 3.05) is 7.11 Å². The molecule has 1 aliphatic rings. The number of methoxy groups -OCH3 is 1. The molecular weight excluding hydrogens is 340 g/mol. The van der Waals surface area contributed by atoms with E-state index in [-0.39, 0.29) is 4.83 Å². The predicted octanol–water partition coefficient (Wildman–Crippen LogP) is 4.86. The lowest BCUT2D eigenvalue weighted by Crippen LogP contribution is -1.95. The summed E-state index contributed by atoms with van der Waals surface area (Å²) in [6.45, 7) is 1.42. The summed E-state index contributed by atoms with van der Waals surface area (Å²) < 4.78 is 10.6. The average Bonchev–Trinajstić information content (AvgIpc) is 2.93. The van der Waals surface area contributed by atoms with Crippen LogP contribution in [0.4, 0.5) is 0 Å². The summed E-state index contributed by atoms with van der Waals surface area (Å²) in [7, 11) is 1.62. The minimum absolute atomic E-state index is 0.108. The van der Waals surface area contributed by atoms with Crippen molar-refractivity contribution in [3.8, 4) is 5.75 Å². The molecule has 0 fully saturated rings. The maximum absolute atomic E-state index is 6.19. The van der Waals surface area contributed by atoms with Crippen LogP contribution in [0.5, 0.6) is 5.75 Å². The molecule has 1 atom stereocenters. The fraction of sp³-hybridized carbons (Fsp3) is 0.250. The Morgan fingerprint density at radius 2 is 1.80 bits per heavy atom. The molecule has 20 heavy (non-hydrogen) atoms. The van der Waals surface area contributed by atoms with E-state index in [4.69, 9.17) is 21.1 Å². The summed E-state index contributed by atoms with van der Waals surface area (Å²) in [6, 6.07) is 12.3. The first-order chi connectivity index (χ1) is 9.69. The fourth-order valence-electron chi connectivity index (χ4n) is 2.38. The summed E-state index contributed by atoms with van der Waals surface area (Å²) in [5, 5.41) is 0.624. The van der Waals surface area contributed by atoms with Gasteiger partial charge in [0.1, 0.15) is 5.75 Å². The van der Waals surface area contributed by atoms with Crippen LogP contribution in [0, 0.1) is 0 Å². The van der Waals surface area contributed by atoms with Gasteiger partial charge < -0.3 is 9.47 Å². The maximum Gasteiger partial charge on any atom is 0.137 e. The van der Waals surface area contributed by atoms with E-state index in [0.29, 0.717) is 17.4 Å². The zero-order valence-electron chi connectivity index (χ0n) is 11.0. The molecule has 1 heterocycles. The van der Waals surface area contributed by atoms with Crippen molar-refractivity contribution >= 4 is 27.5 Å². The highest BCUT2D eigenvalue weighted by atomic mass is 79.9. The molecule has 4 heteroatoms. The van der Waals surface area contributed by atoms with Gasteiger partial charge in [-0.3, -0.25) is 0 Å². The topological polar surface area (TPSA) is 18.5 Å². The second-order valence-electron chi connectivity index (χ2n) is 4.78. The maximum atomic E-state index is 6.19. The SMILES string of the molecule is COc1ccc(C(Br)c2ccc3c(c2)COC3)cc1Cl. The van der Waals surface area contributed by atoms with E-state index in [9.17, 15) is 0 Å². The third-order valence-electron chi connectivity index (χ3n) is 3.51. The zero-order valence-corrected chi connectivity index (χ0v) is 13.4. The molecule has 0 amide bonds. The summed E-state index contributed by atoms with van der Waals surface area (Å²) in [5.74, 6) is 0.692. The molecule has 2 aromatic rings. The Balaban J connectivity index is 1.92. The Bertz CT molecular complexity index is 642. The van der Waals surface area contributed by atoms with Crippen LogP contribution in [0.25, 0.3) is 0 Å². The Kier molecular flexibility index (Phi) is 4.01. The van der Waals surface area contributed by atoms with Crippen molar-refractivity contribution in [3.05, 3.63) is 63.7 Å². The van der Waals surface area contributed by atoms with Crippen molar-refractivity contribution in [3.63, 3.8) is 0 Å². The third kappa shape index (κ3) is 2.58. The number of halogens is 2. The molecule has 0 aliphatic carbocycles. The third-order valence-corrected chi connectivity index (χ3v) is 4.86. The van der Waals surface area contributed by atoms with Gasteiger partial charge in [-0.2, -0.15) is 0 Å². The van der Waals surface area contributed by atoms with Crippen LogP contribution in [-0.4, -0.2) is 7.11 Å². The first-order valence-electron chi connectivity index (χ1n) is 6.36. The minimum Gasteiger partial charge on any atom is -0.495 e. The summed E-state index contributed by atoms with van der Waals surface area (Å²) in [5.41, 5.74) is 4.86. The normalized spacial score (nSPS) is 14.9. The van der Waals surface area contributed by atoms with E-state index < -0.39 is 0 Å². The van der Waals surface area contributed by atoms with Crippen molar-refractivity contribution in [2.24, 2.45) is 0 Å². The van der Waals surface area contributed by atoms with Crippen molar-refractivity contribution in [2.45, 2.75) is 18.0 Å². The highest BCUT2D eigenvalue weighted by molar-refractivity contribution is 9.09. The lowest BCUT2D eigenvalue weighted by molar-refractivity contribution is 0.134. The first-order valence-corrected chi connectivity index (χ1v) is 7.65. The van der Waals surface area contributed by atoms with Gasteiger partial charge in [0.15, 0.2) is 0 Å². The highest BCUT2D eigenvalue weighted by Gasteiger charge is 2.16. The second kappa shape index (κ2) is 5.76. The molecule has 104 valence electrons. The summed E-state index contributed by atoms with van der Waals surface area (Å²) in [6.07, 6.45) is 0. The highest BCUT2D eigenvalue weighted by Crippen LogP contribution is 2.36. The molecule has 0 saturated carbocycles. The van der Waals surface area contributed by atoms with Gasteiger partial charge >= 0.3 is 0 Å². The molecule has 0 aromatic heterocycles. The molecule has 0 saturated heterocycles. The lowest BCUT2D eigenvalue weighted by Gasteiger charge is -2.13. The van der Waals surface area contributed by atoms with Crippen LogP contribution >= 0.6 is 27.5 Å². The van der Waals surface area contributed by atoms with Gasteiger partial charge in [0.2, 0.25) is 0 Å². The van der Waals surface area contributed by atoms with Gasteiger partial charge in [0.05, 0.1) is 30.2 Å². The van der Waals surface area contributed by atoms with Crippen LogP contribution in [0.15, 0.2) is 36.4 Å². The zero-order chi connectivity index (χ0) is 14.1. The van der Waals surface area contributed by atoms with Crippen molar-refractivity contribution < 1.29 is 9.47 Å². The number of alkyl halides is 1. The van der Waals surface area contributed by atoms with Crippen LogP contribution in [0.2, 0.25) is 5.02 Å². The number of hydrogen-bond donors (Lipinski definition) is 0. The van der Waals surface area contributed by atoms with E-state index in [1.807, 2.05) is 18.2 Å². The molecule has 3 rings (SSSR count). The molecule has 1 aliphatic heterocycles. The first kappa shape index (κ1) is 13.9. The molecule has 0 radical (unpaired) electrons.